The fourth-order valence-corrected chi connectivity index (χ4v) is 9.60. The summed E-state index contributed by atoms with van der Waals surface area (Å²) in [5, 5.41) is 10.8. The van der Waals surface area contributed by atoms with Crippen LogP contribution in [-0.4, -0.2) is 108 Å². The van der Waals surface area contributed by atoms with Crippen molar-refractivity contribution in [2.24, 2.45) is 0 Å². The summed E-state index contributed by atoms with van der Waals surface area (Å²) in [5.74, 6) is -1.58. The Labute approximate surface area is 382 Å². The van der Waals surface area contributed by atoms with Crippen molar-refractivity contribution in [3.05, 3.63) is 88.1 Å². The Morgan fingerprint density at radius 1 is 0.938 bits per heavy atom. The van der Waals surface area contributed by atoms with Gasteiger partial charge in [-0.15, -0.1) is 0 Å². The standard InChI is InChI=1S/C46H53ClN8O9S/c1-26(2)64-37-23-31(28(5)22-35(37)51-46-48-24-32(47)42(53-46)50-33-11-6-7-13-38(33)65(61,62)27(3)4)29-16-19-54(20-17-29)18-9-21-63-25-40(57)49-34-12-8-10-30-41(34)45(60)55(44(30)59)36-14-15-39(56)52-43(36)58/h6-8,10-13,22-24,26-27,29,36H,9,14-21,25H2,1-5H3,(H,49,57)(H,52,56,58)(H2,48,50,51,53). The normalized spacial score (nSPS) is 17.1. The van der Waals surface area contributed by atoms with Crippen molar-refractivity contribution in [1.82, 2.24) is 25.1 Å². The first kappa shape index (κ1) is 47.0. The zero-order valence-corrected chi connectivity index (χ0v) is 38.5. The second kappa shape index (κ2) is 20.1. The molecule has 17 nitrogen and oxygen atoms in total. The van der Waals surface area contributed by atoms with Crippen molar-refractivity contribution < 1.29 is 41.9 Å². The lowest BCUT2D eigenvalue weighted by molar-refractivity contribution is -0.136. The van der Waals surface area contributed by atoms with Crippen molar-refractivity contribution in [2.45, 2.75) is 94.9 Å². The van der Waals surface area contributed by atoms with Crippen LogP contribution in [0.5, 0.6) is 5.75 Å². The van der Waals surface area contributed by atoms with E-state index in [2.05, 4.69) is 49.1 Å². The lowest BCUT2D eigenvalue weighted by atomic mass is 9.86. The second-order valence-electron chi connectivity index (χ2n) is 16.8. The molecule has 65 heavy (non-hydrogen) atoms. The highest BCUT2D eigenvalue weighted by atomic mass is 35.5. The van der Waals surface area contributed by atoms with E-state index in [4.69, 9.17) is 21.1 Å². The van der Waals surface area contributed by atoms with Crippen molar-refractivity contribution in [3.63, 3.8) is 0 Å². The Balaban J connectivity index is 0.904. The highest BCUT2D eigenvalue weighted by Gasteiger charge is 2.45. The van der Waals surface area contributed by atoms with E-state index < -0.39 is 50.7 Å². The number of sulfone groups is 1. The molecule has 1 atom stereocenters. The summed E-state index contributed by atoms with van der Waals surface area (Å²) in [6.07, 6.45) is 3.95. The summed E-state index contributed by atoms with van der Waals surface area (Å²) in [4.78, 5) is 75.8. The van der Waals surface area contributed by atoms with E-state index in [-0.39, 0.29) is 64.1 Å². The number of ether oxygens (including phenoxy) is 2. The molecule has 4 heterocycles. The maximum absolute atomic E-state index is 13.4. The molecule has 3 aliphatic rings. The van der Waals surface area contributed by atoms with E-state index >= 15 is 0 Å². The third kappa shape index (κ3) is 10.6. The highest BCUT2D eigenvalue weighted by Crippen LogP contribution is 2.39. The van der Waals surface area contributed by atoms with Crippen LogP contribution in [-0.2, 0) is 29.0 Å². The minimum Gasteiger partial charge on any atom is -0.489 e. The number of aromatic nitrogens is 2. The number of nitrogens with one attached hydrogen (secondary N) is 4. The minimum atomic E-state index is -3.59. The number of halogens is 1. The van der Waals surface area contributed by atoms with Gasteiger partial charge in [-0.1, -0.05) is 29.8 Å². The van der Waals surface area contributed by atoms with Crippen molar-refractivity contribution in [1.29, 1.82) is 0 Å². The van der Waals surface area contributed by atoms with Gasteiger partial charge in [-0.3, -0.25) is 34.2 Å². The van der Waals surface area contributed by atoms with Crippen LogP contribution in [0.3, 0.4) is 0 Å². The van der Waals surface area contributed by atoms with Gasteiger partial charge < -0.3 is 30.3 Å². The number of fused-ring (bicyclic) bond motifs is 1. The minimum absolute atomic E-state index is 0.00316. The number of aryl methyl sites for hydroxylation is 1. The van der Waals surface area contributed by atoms with Crippen molar-refractivity contribution >= 4 is 79.8 Å². The van der Waals surface area contributed by atoms with Crippen LogP contribution in [0.15, 0.2) is 65.7 Å². The topological polar surface area (TPSA) is 218 Å². The number of piperidine rings is 2. The van der Waals surface area contributed by atoms with E-state index in [1.54, 1.807) is 44.2 Å². The Morgan fingerprint density at radius 2 is 1.68 bits per heavy atom. The number of carbonyl (C=O) groups excluding carboxylic acids is 5. The Hall–Kier alpha value is -5.95. The van der Waals surface area contributed by atoms with Crippen LogP contribution in [0.2, 0.25) is 5.02 Å². The van der Waals surface area contributed by atoms with Gasteiger partial charge in [0.15, 0.2) is 15.7 Å². The first-order chi connectivity index (χ1) is 31.0. The summed E-state index contributed by atoms with van der Waals surface area (Å²) >= 11 is 6.50. The number of amides is 5. The van der Waals surface area contributed by atoms with Gasteiger partial charge in [0.2, 0.25) is 23.7 Å². The van der Waals surface area contributed by atoms with Crippen molar-refractivity contribution in [2.75, 3.05) is 48.8 Å². The number of benzene rings is 3. The first-order valence-corrected chi connectivity index (χ1v) is 23.6. The number of imide groups is 2. The van der Waals surface area contributed by atoms with Crippen molar-refractivity contribution in [3.8, 4) is 5.75 Å². The SMILES string of the molecule is Cc1cc(Nc2ncc(Cl)c(Nc3ccccc3S(=O)(=O)C(C)C)n2)c(OC(C)C)cc1C1CCN(CCCOCC(=O)Nc2cccc3c2C(=O)N(C2CCC(=O)NC2=O)C3=O)CC1. The Bertz CT molecular complexity index is 2620. The Kier molecular flexibility index (Phi) is 14.5. The molecule has 0 saturated carbocycles. The molecule has 1 unspecified atom stereocenters. The summed E-state index contributed by atoms with van der Waals surface area (Å²) in [7, 11) is -3.59. The van der Waals surface area contributed by atoms with Gasteiger partial charge in [-0.25, -0.2) is 13.4 Å². The summed E-state index contributed by atoms with van der Waals surface area (Å²) in [5.41, 5.74) is 3.53. The van der Waals surface area contributed by atoms with Crippen LogP contribution in [0.1, 0.15) is 97.6 Å². The van der Waals surface area contributed by atoms with Gasteiger partial charge in [-0.2, -0.15) is 4.98 Å². The van der Waals surface area contributed by atoms with Gasteiger partial charge in [0, 0.05) is 19.6 Å². The molecule has 4 N–H and O–H groups in total. The third-order valence-corrected chi connectivity index (χ3v) is 14.0. The van der Waals surface area contributed by atoms with Crippen LogP contribution in [0, 0.1) is 6.92 Å². The lowest BCUT2D eigenvalue weighted by Crippen LogP contribution is -2.54. The number of rotatable bonds is 17. The highest BCUT2D eigenvalue weighted by molar-refractivity contribution is 7.92. The zero-order valence-electron chi connectivity index (χ0n) is 36.9. The molecule has 4 aromatic rings. The average molecular weight is 929 g/mol. The molecule has 1 aromatic heterocycles. The average Bonchev–Trinajstić information content (AvgIpc) is 3.52. The van der Waals surface area contributed by atoms with E-state index in [1.807, 2.05) is 19.9 Å². The molecular formula is C46H53ClN8O9S. The molecule has 19 heteroatoms. The number of hydrogen-bond donors (Lipinski definition) is 4. The largest absolute Gasteiger partial charge is 0.489 e. The molecule has 7 rings (SSSR count). The number of likely N-dealkylation sites (tertiary alicyclic amines) is 1. The lowest BCUT2D eigenvalue weighted by Gasteiger charge is -2.33. The molecule has 0 aliphatic carbocycles. The molecule has 0 radical (unpaired) electrons. The molecule has 2 fully saturated rings. The van der Waals surface area contributed by atoms with Crippen LogP contribution < -0.4 is 26.0 Å². The number of para-hydroxylation sites is 1. The van der Waals surface area contributed by atoms with Gasteiger partial charge >= 0.3 is 0 Å². The van der Waals surface area contributed by atoms with Gasteiger partial charge in [0.1, 0.15) is 23.4 Å². The number of carbonyl (C=O) groups is 5. The molecule has 344 valence electrons. The number of anilines is 5. The number of hydrogen-bond acceptors (Lipinski definition) is 14. The summed E-state index contributed by atoms with van der Waals surface area (Å²) < 4.78 is 38.2. The van der Waals surface area contributed by atoms with Crippen LogP contribution >= 0.6 is 11.6 Å². The number of nitrogens with zero attached hydrogens (tertiary/aromatic N) is 4. The molecule has 0 spiro atoms. The quantitative estimate of drug-likeness (QED) is 0.0655. The third-order valence-electron chi connectivity index (χ3n) is 11.6. The fraction of sp³-hybridized carbons (Fsp3) is 0.413. The van der Waals surface area contributed by atoms with Gasteiger partial charge in [-0.05, 0) is 127 Å². The summed E-state index contributed by atoms with van der Waals surface area (Å²) in [6, 6.07) is 14.2. The molecule has 5 amide bonds. The zero-order chi connectivity index (χ0) is 46.6. The maximum atomic E-state index is 13.4. The monoisotopic (exact) mass is 928 g/mol. The van der Waals surface area contributed by atoms with E-state index in [0.29, 0.717) is 36.1 Å². The maximum Gasteiger partial charge on any atom is 0.264 e. The predicted molar refractivity (Wildman–Crippen MR) is 245 cm³/mol. The molecule has 3 aromatic carbocycles. The molecular weight excluding hydrogens is 876 g/mol. The molecule has 3 aliphatic heterocycles. The molecule has 0 bridgehead atoms. The van der Waals surface area contributed by atoms with Gasteiger partial charge in [0.05, 0.1) is 50.6 Å². The van der Waals surface area contributed by atoms with E-state index in [1.165, 1.54) is 23.9 Å². The summed E-state index contributed by atoms with van der Waals surface area (Å²) in [6.45, 7) is 11.9. The van der Waals surface area contributed by atoms with Crippen LogP contribution in [0.25, 0.3) is 0 Å². The Morgan fingerprint density at radius 3 is 2.40 bits per heavy atom. The van der Waals surface area contributed by atoms with E-state index in [0.717, 1.165) is 42.9 Å². The van der Waals surface area contributed by atoms with Gasteiger partial charge in [0.25, 0.3) is 11.8 Å². The van der Waals surface area contributed by atoms with Crippen LogP contribution in [0.4, 0.5) is 28.8 Å². The fourth-order valence-electron chi connectivity index (χ4n) is 8.26. The first-order valence-electron chi connectivity index (χ1n) is 21.7. The molecule has 2 saturated heterocycles. The van der Waals surface area contributed by atoms with E-state index in [9.17, 15) is 32.4 Å². The second-order valence-corrected chi connectivity index (χ2v) is 19.7. The smallest absolute Gasteiger partial charge is 0.264 e. The predicted octanol–water partition coefficient (Wildman–Crippen LogP) is 6.52.